The first-order valence-electron chi connectivity index (χ1n) is 6.71. The zero-order valence-electron chi connectivity index (χ0n) is 12.4. The van der Waals surface area contributed by atoms with Crippen LogP contribution in [-0.4, -0.2) is 49.4 Å². The Balaban J connectivity index is 2.31. The minimum atomic E-state index is -0.816. The molecule has 1 saturated heterocycles. The third-order valence-corrected chi connectivity index (χ3v) is 3.71. The molecule has 20 heavy (non-hydrogen) atoms. The van der Waals surface area contributed by atoms with E-state index in [9.17, 15) is 9.59 Å². The number of piperazine rings is 1. The molecule has 0 aromatic heterocycles. The van der Waals surface area contributed by atoms with Crippen LogP contribution >= 0.6 is 0 Å². The fourth-order valence-corrected chi connectivity index (χ4v) is 2.33. The maximum Gasteiger partial charge on any atom is 0.254 e. The van der Waals surface area contributed by atoms with Gasteiger partial charge in [0.15, 0.2) is 0 Å². The van der Waals surface area contributed by atoms with Gasteiger partial charge >= 0.3 is 0 Å². The first-order chi connectivity index (χ1) is 9.34. The maximum atomic E-state index is 12.7. The lowest BCUT2D eigenvalue weighted by Gasteiger charge is -2.41. The minimum Gasteiger partial charge on any atom is -0.378 e. The standard InChI is InChI=1S/C15H21N3O2/c1-15(2)14(20)16-8-9-18(15)13(19)11-6-5-7-12(10-11)17(3)4/h5-7,10H,8-9H2,1-4H3,(H,16,20). The van der Waals surface area contributed by atoms with Crippen LogP contribution in [0.1, 0.15) is 24.2 Å². The largest absolute Gasteiger partial charge is 0.378 e. The van der Waals surface area contributed by atoms with Crippen molar-refractivity contribution in [2.45, 2.75) is 19.4 Å². The Bertz CT molecular complexity index is 538. The molecule has 0 spiro atoms. The highest BCUT2D eigenvalue weighted by atomic mass is 16.2. The van der Waals surface area contributed by atoms with Crippen molar-refractivity contribution in [1.82, 2.24) is 10.2 Å². The third kappa shape index (κ3) is 2.48. The van der Waals surface area contributed by atoms with Gasteiger partial charge in [-0.05, 0) is 32.0 Å². The van der Waals surface area contributed by atoms with Crippen LogP contribution in [0.3, 0.4) is 0 Å². The van der Waals surface area contributed by atoms with Gasteiger partial charge in [-0.3, -0.25) is 9.59 Å². The van der Waals surface area contributed by atoms with Gasteiger partial charge in [0.2, 0.25) is 5.91 Å². The summed E-state index contributed by atoms with van der Waals surface area (Å²) in [6, 6.07) is 7.45. The molecule has 1 heterocycles. The molecule has 108 valence electrons. The molecule has 5 heteroatoms. The number of rotatable bonds is 2. The van der Waals surface area contributed by atoms with Crippen molar-refractivity contribution in [3.05, 3.63) is 29.8 Å². The van der Waals surface area contributed by atoms with Gasteiger partial charge in [-0.25, -0.2) is 0 Å². The molecule has 0 atom stereocenters. The van der Waals surface area contributed by atoms with Gasteiger partial charge in [0.1, 0.15) is 5.54 Å². The maximum absolute atomic E-state index is 12.7. The molecule has 0 bridgehead atoms. The van der Waals surface area contributed by atoms with E-state index < -0.39 is 5.54 Å². The Kier molecular flexibility index (Phi) is 3.70. The summed E-state index contributed by atoms with van der Waals surface area (Å²) in [6.07, 6.45) is 0. The summed E-state index contributed by atoms with van der Waals surface area (Å²) in [5.74, 6) is -0.214. The van der Waals surface area contributed by atoms with E-state index in [0.29, 0.717) is 18.7 Å². The van der Waals surface area contributed by atoms with Crippen molar-refractivity contribution in [2.24, 2.45) is 0 Å². The number of hydrogen-bond acceptors (Lipinski definition) is 3. The predicted octanol–water partition coefficient (Wildman–Crippen LogP) is 1.10. The number of hydrogen-bond donors (Lipinski definition) is 1. The highest BCUT2D eigenvalue weighted by Crippen LogP contribution is 2.22. The third-order valence-electron chi connectivity index (χ3n) is 3.71. The van der Waals surface area contributed by atoms with Crippen molar-refractivity contribution in [2.75, 3.05) is 32.1 Å². The van der Waals surface area contributed by atoms with Crippen molar-refractivity contribution in [3.63, 3.8) is 0 Å². The normalized spacial score (nSPS) is 17.6. The van der Waals surface area contributed by atoms with Crippen LogP contribution in [0.4, 0.5) is 5.69 Å². The Morgan fingerprint density at radius 3 is 2.70 bits per heavy atom. The topological polar surface area (TPSA) is 52.7 Å². The Labute approximate surface area is 119 Å². The zero-order chi connectivity index (χ0) is 14.9. The Morgan fingerprint density at radius 2 is 2.05 bits per heavy atom. The van der Waals surface area contributed by atoms with Gasteiger partial charge in [-0.15, -0.1) is 0 Å². The first kappa shape index (κ1) is 14.4. The molecule has 0 aliphatic carbocycles. The van der Waals surface area contributed by atoms with Gasteiger partial charge in [0.05, 0.1) is 0 Å². The van der Waals surface area contributed by atoms with Gasteiger partial charge in [0, 0.05) is 38.4 Å². The smallest absolute Gasteiger partial charge is 0.254 e. The van der Waals surface area contributed by atoms with E-state index in [1.54, 1.807) is 24.8 Å². The van der Waals surface area contributed by atoms with Crippen LogP contribution in [0.25, 0.3) is 0 Å². The lowest BCUT2D eigenvalue weighted by Crippen LogP contribution is -2.63. The van der Waals surface area contributed by atoms with Crippen molar-refractivity contribution in [1.29, 1.82) is 0 Å². The number of carbonyl (C=O) groups is 2. The highest BCUT2D eigenvalue weighted by Gasteiger charge is 2.40. The highest BCUT2D eigenvalue weighted by molar-refractivity contribution is 6.00. The lowest BCUT2D eigenvalue weighted by atomic mass is 9.97. The average molecular weight is 275 g/mol. The molecule has 1 aromatic rings. The number of anilines is 1. The molecule has 1 fully saturated rings. The van der Waals surface area contributed by atoms with E-state index in [4.69, 9.17) is 0 Å². The van der Waals surface area contributed by atoms with Gasteiger partial charge in [-0.1, -0.05) is 6.07 Å². The van der Waals surface area contributed by atoms with Crippen LogP contribution < -0.4 is 10.2 Å². The molecule has 1 aliphatic rings. The SMILES string of the molecule is CN(C)c1cccc(C(=O)N2CCNC(=O)C2(C)C)c1. The van der Waals surface area contributed by atoms with Crippen LogP contribution in [0.5, 0.6) is 0 Å². The second kappa shape index (κ2) is 5.15. The molecule has 0 radical (unpaired) electrons. The quantitative estimate of drug-likeness (QED) is 0.879. The summed E-state index contributed by atoms with van der Waals surface area (Å²) in [5.41, 5.74) is 0.762. The molecular weight excluding hydrogens is 254 g/mol. The average Bonchev–Trinajstić information content (AvgIpc) is 2.41. The van der Waals surface area contributed by atoms with Crippen molar-refractivity contribution >= 4 is 17.5 Å². The Morgan fingerprint density at radius 1 is 1.35 bits per heavy atom. The van der Waals surface area contributed by atoms with E-state index in [1.807, 2.05) is 37.2 Å². The van der Waals surface area contributed by atoms with E-state index in [2.05, 4.69) is 5.32 Å². The predicted molar refractivity (Wildman–Crippen MR) is 78.9 cm³/mol. The fraction of sp³-hybridized carbons (Fsp3) is 0.467. The molecule has 1 aromatic carbocycles. The lowest BCUT2D eigenvalue weighted by molar-refractivity contribution is -0.133. The Hall–Kier alpha value is -2.04. The van der Waals surface area contributed by atoms with E-state index in [0.717, 1.165) is 5.69 Å². The summed E-state index contributed by atoms with van der Waals surface area (Å²) in [5, 5.41) is 2.80. The summed E-state index contributed by atoms with van der Waals surface area (Å²) in [4.78, 5) is 28.2. The van der Waals surface area contributed by atoms with E-state index in [1.165, 1.54) is 0 Å². The van der Waals surface area contributed by atoms with E-state index in [-0.39, 0.29) is 11.8 Å². The molecule has 0 saturated carbocycles. The molecule has 1 aliphatic heterocycles. The van der Waals surface area contributed by atoms with Gasteiger partial charge in [-0.2, -0.15) is 0 Å². The van der Waals surface area contributed by atoms with Crippen LogP contribution in [-0.2, 0) is 4.79 Å². The summed E-state index contributed by atoms with van der Waals surface area (Å²) < 4.78 is 0. The van der Waals surface area contributed by atoms with E-state index >= 15 is 0 Å². The van der Waals surface area contributed by atoms with Gasteiger partial charge < -0.3 is 15.1 Å². The summed E-state index contributed by atoms with van der Waals surface area (Å²) >= 11 is 0. The van der Waals surface area contributed by atoms with Crippen LogP contribution in [0.15, 0.2) is 24.3 Å². The second-order valence-electron chi connectivity index (χ2n) is 5.72. The molecule has 1 N–H and O–H groups in total. The zero-order valence-corrected chi connectivity index (χ0v) is 12.4. The number of benzene rings is 1. The van der Waals surface area contributed by atoms with Gasteiger partial charge in [0.25, 0.3) is 5.91 Å². The molecular formula is C15H21N3O2. The molecule has 2 amide bonds. The van der Waals surface area contributed by atoms with Crippen molar-refractivity contribution in [3.8, 4) is 0 Å². The summed E-state index contributed by atoms with van der Waals surface area (Å²) in [7, 11) is 3.86. The number of carbonyl (C=O) groups excluding carboxylic acids is 2. The first-order valence-corrected chi connectivity index (χ1v) is 6.71. The fourth-order valence-electron chi connectivity index (χ4n) is 2.33. The number of nitrogens with one attached hydrogen (secondary N) is 1. The molecule has 2 rings (SSSR count). The van der Waals surface area contributed by atoms with Crippen molar-refractivity contribution < 1.29 is 9.59 Å². The monoisotopic (exact) mass is 275 g/mol. The summed E-state index contributed by atoms with van der Waals surface area (Å²) in [6.45, 7) is 4.58. The van der Waals surface area contributed by atoms with Crippen LogP contribution in [0.2, 0.25) is 0 Å². The second-order valence-corrected chi connectivity index (χ2v) is 5.72. The number of amides is 2. The number of nitrogens with zero attached hydrogens (tertiary/aromatic N) is 2. The molecule has 0 unspecified atom stereocenters. The minimum absolute atomic E-state index is 0.103. The van der Waals surface area contributed by atoms with Crippen LogP contribution in [0, 0.1) is 0 Å². The molecule has 5 nitrogen and oxygen atoms in total.